The molecule has 4 N–H and O–H groups in total. The second kappa shape index (κ2) is 10.1. The molecule has 0 bridgehead atoms. The smallest absolute Gasteiger partial charge is 0.225 e. The molecule has 156 valence electrons. The van der Waals surface area contributed by atoms with Crippen molar-refractivity contribution in [2.45, 2.75) is 32.1 Å². The van der Waals surface area contributed by atoms with E-state index in [1.165, 1.54) is 0 Å². The summed E-state index contributed by atoms with van der Waals surface area (Å²) in [6, 6.07) is 9.45. The monoisotopic (exact) mass is 399 g/mol. The summed E-state index contributed by atoms with van der Waals surface area (Å²) in [7, 11) is 1.63. The van der Waals surface area contributed by atoms with Gasteiger partial charge in [-0.15, -0.1) is 0 Å². The van der Waals surface area contributed by atoms with Crippen LogP contribution in [0.25, 0.3) is 11.3 Å². The highest BCUT2D eigenvalue weighted by molar-refractivity contribution is 5.90. The molecule has 0 radical (unpaired) electrons. The predicted molar refractivity (Wildman–Crippen MR) is 111 cm³/mol. The Bertz CT molecular complexity index is 810. The van der Waals surface area contributed by atoms with Gasteiger partial charge in [-0.2, -0.15) is 5.10 Å². The van der Waals surface area contributed by atoms with Gasteiger partial charge in [-0.05, 0) is 75.1 Å². The number of piperidine rings is 1. The summed E-state index contributed by atoms with van der Waals surface area (Å²) >= 11 is 0. The van der Waals surface area contributed by atoms with Crippen molar-refractivity contribution in [2.24, 2.45) is 11.7 Å². The number of carbonyl (C=O) groups is 2. The first-order chi connectivity index (χ1) is 14.0. The van der Waals surface area contributed by atoms with E-state index in [-0.39, 0.29) is 17.7 Å². The third-order valence-electron chi connectivity index (χ3n) is 5.36. The van der Waals surface area contributed by atoms with Gasteiger partial charge in [0, 0.05) is 18.4 Å². The number of carbonyl (C=O) groups excluding carboxylic acids is 2. The fourth-order valence-electron chi connectivity index (χ4n) is 3.57. The van der Waals surface area contributed by atoms with E-state index in [0.717, 1.165) is 62.3 Å². The van der Waals surface area contributed by atoms with Crippen LogP contribution in [0.5, 0.6) is 5.75 Å². The molecule has 1 aromatic heterocycles. The lowest BCUT2D eigenvalue weighted by Gasteiger charge is -2.30. The normalized spacial score (nSPS) is 15.2. The summed E-state index contributed by atoms with van der Waals surface area (Å²) in [6.45, 7) is 2.76. The van der Waals surface area contributed by atoms with E-state index in [0.29, 0.717) is 12.2 Å². The Morgan fingerprint density at radius 1 is 1.24 bits per heavy atom. The Labute approximate surface area is 170 Å². The zero-order chi connectivity index (χ0) is 20.6. The van der Waals surface area contributed by atoms with Gasteiger partial charge in [0.1, 0.15) is 5.75 Å². The van der Waals surface area contributed by atoms with Gasteiger partial charge in [0.25, 0.3) is 0 Å². The zero-order valence-electron chi connectivity index (χ0n) is 16.8. The van der Waals surface area contributed by atoms with Crippen LogP contribution in [0.1, 0.15) is 32.1 Å². The van der Waals surface area contributed by atoms with Crippen LogP contribution in [0.15, 0.2) is 30.3 Å². The molecule has 1 saturated heterocycles. The fourth-order valence-corrected chi connectivity index (χ4v) is 3.57. The number of anilines is 1. The van der Waals surface area contributed by atoms with Crippen molar-refractivity contribution in [1.29, 1.82) is 0 Å². The number of hydrogen-bond donors (Lipinski definition) is 3. The molecule has 0 aliphatic carbocycles. The summed E-state index contributed by atoms with van der Waals surface area (Å²) in [5, 5.41) is 9.95. The van der Waals surface area contributed by atoms with Crippen molar-refractivity contribution in [1.82, 2.24) is 15.1 Å². The lowest BCUT2D eigenvalue weighted by Crippen LogP contribution is -2.38. The minimum Gasteiger partial charge on any atom is -0.497 e. The molecule has 2 aromatic rings. The van der Waals surface area contributed by atoms with Gasteiger partial charge in [-0.1, -0.05) is 0 Å². The number of nitrogens with two attached hydrogens (primary N) is 1. The van der Waals surface area contributed by atoms with Gasteiger partial charge in [0.15, 0.2) is 5.82 Å². The summed E-state index contributed by atoms with van der Waals surface area (Å²) in [6.07, 6.45) is 3.91. The lowest BCUT2D eigenvalue weighted by molar-refractivity contribution is -0.123. The van der Waals surface area contributed by atoms with E-state index in [9.17, 15) is 9.59 Å². The van der Waals surface area contributed by atoms with Crippen molar-refractivity contribution in [2.75, 3.05) is 32.1 Å². The quantitative estimate of drug-likeness (QED) is 0.560. The summed E-state index contributed by atoms with van der Waals surface area (Å²) in [5.74, 6) is 1.11. The number of hydrogen-bond acceptors (Lipinski definition) is 5. The molecular formula is C21H29N5O3. The third kappa shape index (κ3) is 6.05. The van der Waals surface area contributed by atoms with Crippen LogP contribution in [0.4, 0.5) is 5.82 Å². The van der Waals surface area contributed by atoms with Crippen LogP contribution in [0.2, 0.25) is 0 Å². The van der Waals surface area contributed by atoms with Crippen molar-refractivity contribution in [3.05, 3.63) is 30.3 Å². The Morgan fingerprint density at radius 2 is 1.97 bits per heavy atom. The zero-order valence-corrected chi connectivity index (χ0v) is 16.8. The molecule has 1 fully saturated rings. The lowest BCUT2D eigenvalue weighted by atomic mass is 9.96. The molecule has 2 heterocycles. The maximum Gasteiger partial charge on any atom is 0.225 e. The number of likely N-dealkylation sites (tertiary alicyclic amines) is 1. The second-order valence-corrected chi connectivity index (χ2v) is 7.42. The first-order valence-electron chi connectivity index (χ1n) is 10.1. The third-order valence-corrected chi connectivity index (χ3v) is 5.36. The van der Waals surface area contributed by atoms with Crippen LogP contribution in [0, 0.1) is 5.92 Å². The number of aromatic amines is 1. The molecule has 0 atom stereocenters. The number of H-pyrrole nitrogens is 1. The second-order valence-electron chi connectivity index (χ2n) is 7.42. The van der Waals surface area contributed by atoms with E-state index in [4.69, 9.17) is 10.5 Å². The molecule has 3 rings (SSSR count). The van der Waals surface area contributed by atoms with Gasteiger partial charge < -0.3 is 20.7 Å². The molecule has 8 heteroatoms. The number of nitrogens with zero attached hydrogens (tertiary/aromatic N) is 2. The number of primary amides is 1. The Kier molecular flexibility index (Phi) is 7.24. The predicted octanol–water partition coefficient (Wildman–Crippen LogP) is 2.39. The van der Waals surface area contributed by atoms with Crippen LogP contribution >= 0.6 is 0 Å². The van der Waals surface area contributed by atoms with Crippen LogP contribution < -0.4 is 15.8 Å². The highest BCUT2D eigenvalue weighted by atomic mass is 16.5. The highest BCUT2D eigenvalue weighted by Gasteiger charge is 2.22. The van der Waals surface area contributed by atoms with Gasteiger partial charge in [0.05, 0.1) is 12.8 Å². The van der Waals surface area contributed by atoms with E-state index in [1.54, 1.807) is 7.11 Å². The molecular weight excluding hydrogens is 370 g/mol. The van der Waals surface area contributed by atoms with E-state index >= 15 is 0 Å². The highest BCUT2D eigenvalue weighted by Crippen LogP contribution is 2.22. The van der Waals surface area contributed by atoms with Gasteiger partial charge >= 0.3 is 0 Å². The fraction of sp³-hybridized carbons (Fsp3) is 0.476. The average molecular weight is 399 g/mol. The van der Waals surface area contributed by atoms with E-state index in [1.807, 2.05) is 30.3 Å². The molecule has 0 unspecified atom stereocenters. The molecule has 8 nitrogen and oxygen atoms in total. The minimum absolute atomic E-state index is 0.0219. The maximum atomic E-state index is 12.2. The van der Waals surface area contributed by atoms with Gasteiger partial charge in [-0.3, -0.25) is 14.7 Å². The van der Waals surface area contributed by atoms with E-state index < -0.39 is 0 Å². The number of unbranched alkanes of at least 4 members (excludes halogenated alkanes) is 1. The minimum atomic E-state index is -0.185. The van der Waals surface area contributed by atoms with E-state index in [2.05, 4.69) is 20.4 Å². The Morgan fingerprint density at radius 3 is 2.62 bits per heavy atom. The van der Waals surface area contributed by atoms with Crippen LogP contribution in [0.3, 0.4) is 0 Å². The molecule has 1 aliphatic rings. The van der Waals surface area contributed by atoms with Crippen molar-refractivity contribution < 1.29 is 14.3 Å². The summed E-state index contributed by atoms with van der Waals surface area (Å²) in [5.41, 5.74) is 7.17. The number of aromatic nitrogens is 2. The molecule has 0 spiro atoms. The molecule has 0 saturated carbocycles. The number of amides is 2. The van der Waals surface area contributed by atoms with Crippen molar-refractivity contribution in [3.63, 3.8) is 0 Å². The van der Waals surface area contributed by atoms with Crippen LogP contribution in [-0.2, 0) is 9.59 Å². The number of rotatable bonds is 9. The van der Waals surface area contributed by atoms with Crippen LogP contribution in [-0.4, -0.2) is 53.7 Å². The number of nitrogens with one attached hydrogen (secondary N) is 2. The molecule has 1 aromatic carbocycles. The Balaban J connectivity index is 1.36. The topological polar surface area (TPSA) is 113 Å². The van der Waals surface area contributed by atoms with Gasteiger partial charge in [0.2, 0.25) is 11.8 Å². The maximum absolute atomic E-state index is 12.2. The summed E-state index contributed by atoms with van der Waals surface area (Å²) in [4.78, 5) is 25.7. The first kappa shape index (κ1) is 20.9. The number of methoxy groups -OCH3 is 1. The largest absolute Gasteiger partial charge is 0.497 e. The number of ether oxygens (including phenoxy) is 1. The van der Waals surface area contributed by atoms with Crippen molar-refractivity contribution in [3.8, 4) is 17.0 Å². The first-order valence-corrected chi connectivity index (χ1v) is 10.1. The summed E-state index contributed by atoms with van der Waals surface area (Å²) < 4.78 is 5.16. The van der Waals surface area contributed by atoms with Crippen molar-refractivity contribution >= 4 is 17.6 Å². The number of benzene rings is 1. The molecule has 1 aliphatic heterocycles. The molecule has 2 amide bonds. The molecule has 29 heavy (non-hydrogen) atoms. The SMILES string of the molecule is COc1ccc(-c2cc(NC(=O)CCCCN3CCC(C(N)=O)CC3)n[nH]2)cc1. The van der Waals surface area contributed by atoms with Gasteiger partial charge in [-0.25, -0.2) is 0 Å². The standard InChI is InChI=1S/C21H29N5O3/c1-29-17-7-5-15(6-8-17)18-14-19(25-24-18)23-20(27)4-2-3-11-26-12-9-16(10-13-26)21(22)28/h5-8,14,16H,2-4,9-13H2,1H3,(H2,22,28)(H2,23,24,25,27). The Hall–Kier alpha value is -2.87. The average Bonchev–Trinajstić information content (AvgIpc) is 3.20.